The van der Waals surface area contributed by atoms with Gasteiger partial charge in [0.05, 0.1) is 11.1 Å². The molecule has 0 bridgehead atoms. The van der Waals surface area contributed by atoms with Crippen LogP contribution in [0.15, 0.2) is 29.3 Å². The number of aromatic carboxylic acids is 1. The van der Waals surface area contributed by atoms with Crippen molar-refractivity contribution in [2.45, 2.75) is 18.4 Å². The Morgan fingerprint density at radius 1 is 1.32 bits per heavy atom. The minimum absolute atomic E-state index is 0.0872. The number of aromatic nitrogens is 3. The number of nitrogens with zero attached hydrogens (tertiary/aromatic N) is 4. The van der Waals surface area contributed by atoms with Crippen molar-refractivity contribution >= 4 is 27.6 Å². The Hall–Kier alpha value is -2.79. The number of sulfonamides is 1. The topological polar surface area (TPSA) is 134 Å². The van der Waals surface area contributed by atoms with E-state index in [0.29, 0.717) is 11.3 Å². The molecular formula is C14H17N5O5S. The maximum absolute atomic E-state index is 12.3. The Morgan fingerprint density at radius 2 is 2.00 bits per heavy atom. The highest BCUT2D eigenvalue weighted by atomic mass is 32.2. The van der Waals surface area contributed by atoms with E-state index in [1.165, 1.54) is 20.2 Å². The van der Waals surface area contributed by atoms with E-state index in [4.69, 9.17) is 5.11 Å². The van der Waals surface area contributed by atoms with Gasteiger partial charge >= 0.3 is 5.97 Å². The third-order valence-electron chi connectivity index (χ3n) is 3.29. The summed E-state index contributed by atoms with van der Waals surface area (Å²) < 4.78 is 26.7. The lowest BCUT2D eigenvalue weighted by Gasteiger charge is -2.15. The van der Waals surface area contributed by atoms with Gasteiger partial charge in [0.15, 0.2) is 5.69 Å². The molecular weight excluding hydrogens is 350 g/mol. The first-order valence-corrected chi connectivity index (χ1v) is 8.51. The summed E-state index contributed by atoms with van der Waals surface area (Å²) in [6.07, 6.45) is 1.12. The van der Waals surface area contributed by atoms with Gasteiger partial charge < -0.3 is 10.4 Å². The number of carboxylic acid groups (broad SMARTS) is 1. The molecule has 0 aliphatic rings. The molecule has 1 aromatic carbocycles. The van der Waals surface area contributed by atoms with Crippen LogP contribution in [-0.4, -0.2) is 58.8 Å². The fraction of sp³-hybridized carbons (Fsp3) is 0.286. The van der Waals surface area contributed by atoms with Crippen molar-refractivity contribution < 1.29 is 23.1 Å². The molecule has 0 spiro atoms. The van der Waals surface area contributed by atoms with Gasteiger partial charge in [-0.05, 0) is 24.6 Å². The van der Waals surface area contributed by atoms with E-state index in [9.17, 15) is 18.0 Å². The van der Waals surface area contributed by atoms with Gasteiger partial charge in [-0.3, -0.25) is 4.79 Å². The molecule has 1 amide bonds. The second-order valence-electron chi connectivity index (χ2n) is 5.42. The molecule has 10 nitrogen and oxygen atoms in total. The number of hydrogen-bond donors (Lipinski definition) is 2. The van der Waals surface area contributed by atoms with Gasteiger partial charge in [-0.25, -0.2) is 22.2 Å². The molecule has 2 N–H and O–H groups in total. The van der Waals surface area contributed by atoms with Crippen molar-refractivity contribution in [2.24, 2.45) is 0 Å². The minimum Gasteiger partial charge on any atom is -0.476 e. The lowest BCUT2D eigenvalue weighted by atomic mass is 10.2. The molecule has 0 fully saturated rings. The number of hydrogen-bond acceptors (Lipinski definition) is 6. The predicted octanol–water partition coefficient (Wildman–Crippen LogP) is 0.174. The van der Waals surface area contributed by atoms with E-state index < -0.39 is 21.9 Å². The number of rotatable bonds is 6. The molecule has 0 aliphatic carbocycles. The zero-order chi connectivity index (χ0) is 18.8. The highest BCUT2D eigenvalue weighted by Gasteiger charge is 2.20. The summed E-state index contributed by atoms with van der Waals surface area (Å²) in [4.78, 5) is 22.9. The first-order valence-electron chi connectivity index (χ1n) is 7.07. The van der Waals surface area contributed by atoms with Crippen molar-refractivity contribution in [2.75, 3.05) is 19.4 Å². The number of nitrogens with one attached hydrogen (secondary N) is 1. The zero-order valence-corrected chi connectivity index (χ0v) is 14.6. The Kier molecular flexibility index (Phi) is 5.18. The van der Waals surface area contributed by atoms with E-state index >= 15 is 0 Å². The third kappa shape index (κ3) is 4.19. The van der Waals surface area contributed by atoms with Gasteiger partial charge in [-0.2, -0.15) is 0 Å². The quantitative estimate of drug-likeness (QED) is 0.743. The number of carbonyl (C=O) groups is 2. The fourth-order valence-corrected chi connectivity index (χ4v) is 3.12. The molecule has 1 heterocycles. The molecule has 0 saturated carbocycles. The van der Waals surface area contributed by atoms with Crippen LogP contribution in [0.4, 0.5) is 5.69 Å². The van der Waals surface area contributed by atoms with Crippen molar-refractivity contribution in [3.05, 3.63) is 35.7 Å². The molecule has 1 aromatic heterocycles. The van der Waals surface area contributed by atoms with Crippen LogP contribution in [0.2, 0.25) is 0 Å². The van der Waals surface area contributed by atoms with Gasteiger partial charge in [0.1, 0.15) is 6.54 Å². The summed E-state index contributed by atoms with van der Waals surface area (Å²) in [7, 11) is -0.799. The Morgan fingerprint density at radius 3 is 2.56 bits per heavy atom. The lowest BCUT2D eigenvalue weighted by Crippen LogP contribution is -2.24. The van der Waals surface area contributed by atoms with Crippen LogP contribution >= 0.6 is 0 Å². The summed E-state index contributed by atoms with van der Waals surface area (Å²) >= 11 is 0. The van der Waals surface area contributed by atoms with Gasteiger partial charge in [-0.15, -0.1) is 5.10 Å². The van der Waals surface area contributed by atoms with Crippen molar-refractivity contribution in [3.63, 3.8) is 0 Å². The number of benzene rings is 1. The third-order valence-corrected chi connectivity index (χ3v) is 5.25. The van der Waals surface area contributed by atoms with Gasteiger partial charge in [0.2, 0.25) is 15.9 Å². The molecule has 134 valence electrons. The highest BCUT2D eigenvalue weighted by Crippen LogP contribution is 2.22. The number of amides is 1. The second-order valence-corrected chi connectivity index (χ2v) is 7.54. The van der Waals surface area contributed by atoms with Crippen LogP contribution in [-0.2, 0) is 21.4 Å². The number of carboxylic acids is 1. The minimum atomic E-state index is -3.64. The number of anilines is 1. The smallest absolute Gasteiger partial charge is 0.358 e. The van der Waals surface area contributed by atoms with E-state index in [1.807, 2.05) is 0 Å². The molecule has 0 radical (unpaired) electrons. The van der Waals surface area contributed by atoms with Crippen molar-refractivity contribution in [1.29, 1.82) is 0 Å². The zero-order valence-electron chi connectivity index (χ0n) is 13.8. The summed E-state index contributed by atoms with van der Waals surface area (Å²) in [5.41, 5.74) is 0.575. The molecule has 25 heavy (non-hydrogen) atoms. The van der Waals surface area contributed by atoms with Crippen LogP contribution in [0.1, 0.15) is 16.1 Å². The molecule has 2 aromatic rings. The van der Waals surface area contributed by atoms with Gasteiger partial charge in [0, 0.05) is 19.8 Å². The summed E-state index contributed by atoms with van der Waals surface area (Å²) in [6.45, 7) is 1.40. The normalized spacial score (nSPS) is 11.5. The maximum atomic E-state index is 12.3. The average Bonchev–Trinajstić information content (AvgIpc) is 2.97. The molecule has 0 aliphatic heterocycles. The lowest BCUT2D eigenvalue weighted by molar-refractivity contribution is -0.116. The predicted molar refractivity (Wildman–Crippen MR) is 87.7 cm³/mol. The van der Waals surface area contributed by atoms with Crippen LogP contribution in [0, 0.1) is 6.92 Å². The molecule has 0 saturated heterocycles. The average molecular weight is 367 g/mol. The van der Waals surface area contributed by atoms with Crippen LogP contribution in [0.25, 0.3) is 0 Å². The standard InChI is InChI=1S/C14H17N5O5S/c1-9-4-5-10(6-12(9)25(23,24)18(2)3)15-13(20)8-19-7-11(14(21)22)16-17-19/h4-7H,8H2,1-3H3,(H,15,20)(H,21,22). The Bertz CT molecular complexity index is 919. The van der Waals surface area contributed by atoms with Gasteiger partial charge in [-0.1, -0.05) is 11.3 Å². The first kappa shape index (κ1) is 18.5. The summed E-state index contributed by atoms with van der Waals surface area (Å²) in [5.74, 6) is -1.75. The monoisotopic (exact) mass is 367 g/mol. The molecule has 2 rings (SSSR count). The Labute approximate surface area is 144 Å². The van der Waals surface area contributed by atoms with E-state index in [0.717, 1.165) is 15.2 Å². The number of carbonyl (C=O) groups excluding carboxylic acids is 1. The van der Waals surface area contributed by atoms with Crippen molar-refractivity contribution in [3.8, 4) is 0 Å². The maximum Gasteiger partial charge on any atom is 0.358 e. The van der Waals surface area contributed by atoms with E-state index in [2.05, 4.69) is 15.6 Å². The second kappa shape index (κ2) is 6.99. The SMILES string of the molecule is Cc1ccc(NC(=O)Cn2cc(C(=O)O)nn2)cc1S(=O)(=O)N(C)C. The van der Waals surface area contributed by atoms with Crippen LogP contribution < -0.4 is 5.32 Å². The molecule has 0 atom stereocenters. The van der Waals surface area contributed by atoms with Crippen molar-refractivity contribution in [1.82, 2.24) is 19.3 Å². The first-order chi connectivity index (χ1) is 11.6. The Balaban J connectivity index is 2.17. The molecule has 11 heteroatoms. The van der Waals surface area contributed by atoms with Gasteiger partial charge in [0.25, 0.3) is 0 Å². The molecule has 0 unspecified atom stereocenters. The fourth-order valence-electron chi connectivity index (χ4n) is 1.97. The van der Waals surface area contributed by atoms with Crippen LogP contribution in [0.5, 0.6) is 0 Å². The summed E-state index contributed by atoms with van der Waals surface area (Å²) in [5, 5.41) is 18.3. The highest BCUT2D eigenvalue weighted by molar-refractivity contribution is 7.89. The van der Waals surface area contributed by atoms with E-state index in [1.54, 1.807) is 19.1 Å². The number of aryl methyl sites for hydroxylation is 1. The largest absolute Gasteiger partial charge is 0.476 e. The van der Waals surface area contributed by atoms with Crippen LogP contribution in [0.3, 0.4) is 0 Å². The van der Waals surface area contributed by atoms with E-state index in [-0.39, 0.29) is 17.1 Å². The summed E-state index contributed by atoms with van der Waals surface area (Å²) in [6, 6.07) is 4.53.